The van der Waals surface area contributed by atoms with E-state index in [1.54, 1.807) is 0 Å². The smallest absolute Gasteiger partial charge is 0.294 e. The topological polar surface area (TPSA) is 72.3 Å². The van der Waals surface area contributed by atoms with Crippen LogP contribution in [0.15, 0.2) is 33.2 Å². The Morgan fingerprint density at radius 2 is 1.95 bits per heavy atom. The van der Waals surface area contributed by atoms with E-state index >= 15 is 0 Å². The van der Waals surface area contributed by atoms with Crippen molar-refractivity contribution in [3.8, 4) is 11.7 Å². The molecule has 0 radical (unpaired) electrons. The molecule has 0 bridgehead atoms. The highest BCUT2D eigenvalue weighted by molar-refractivity contribution is 5.86. The van der Waals surface area contributed by atoms with Crippen LogP contribution < -0.4 is 0 Å². The molecule has 1 N–H and O–H groups in total. The fourth-order valence-electron chi connectivity index (χ4n) is 2.05. The van der Waals surface area contributed by atoms with Gasteiger partial charge in [0.15, 0.2) is 11.6 Å². The van der Waals surface area contributed by atoms with E-state index in [0.29, 0.717) is 28.6 Å². The molecule has 0 saturated carbocycles. The van der Waals surface area contributed by atoms with Crippen LogP contribution in [0.2, 0.25) is 0 Å². The van der Waals surface area contributed by atoms with Gasteiger partial charge in [-0.2, -0.15) is 4.98 Å². The number of aliphatic hydroxyl groups excluding tert-OH is 1. The Morgan fingerprint density at radius 3 is 2.60 bits per heavy atom. The number of fused-ring (bicyclic) bond motifs is 1. The molecule has 0 atom stereocenters. The summed E-state index contributed by atoms with van der Waals surface area (Å²) >= 11 is 0. The van der Waals surface area contributed by atoms with Crippen LogP contribution in [0.3, 0.4) is 0 Å². The van der Waals surface area contributed by atoms with Gasteiger partial charge in [-0.15, -0.1) is 0 Å². The van der Waals surface area contributed by atoms with E-state index in [4.69, 9.17) is 8.94 Å². The lowest BCUT2D eigenvalue weighted by Gasteiger charge is -2.10. The van der Waals surface area contributed by atoms with Gasteiger partial charge in [0.25, 0.3) is 5.89 Å². The normalized spacial score (nSPS) is 12.2. The maximum Gasteiger partial charge on any atom is 0.294 e. The summed E-state index contributed by atoms with van der Waals surface area (Å²) in [7, 11) is 0. The zero-order valence-corrected chi connectivity index (χ0v) is 11.7. The van der Waals surface area contributed by atoms with E-state index in [2.05, 4.69) is 10.1 Å². The molecule has 3 rings (SSSR count). The fourth-order valence-corrected chi connectivity index (χ4v) is 2.05. The first-order valence-electron chi connectivity index (χ1n) is 6.46. The van der Waals surface area contributed by atoms with Gasteiger partial charge >= 0.3 is 0 Å². The average Bonchev–Trinajstić information content (AvgIpc) is 3.02. The van der Waals surface area contributed by atoms with Gasteiger partial charge in [0.1, 0.15) is 5.58 Å². The molecular formula is C15H16N2O3. The molecule has 2 heterocycles. The highest BCUT2D eigenvalue weighted by Crippen LogP contribution is 2.33. The van der Waals surface area contributed by atoms with Crippen LogP contribution in [0.1, 0.15) is 32.2 Å². The maximum absolute atomic E-state index is 9.58. The molecule has 0 amide bonds. The lowest BCUT2D eigenvalue weighted by atomic mass is 9.96. The third-order valence-corrected chi connectivity index (χ3v) is 3.15. The lowest BCUT2D eigenvalue weighted by Crippen LogP contribution is -2.13. The monoisotopic (exact) mass is 272 g/mol. The largest absolute Gasteiger partial charge is 0.450 e. The van der Waals surface area contributed by atoms with Gasteiger partial charge in [-0.3, -0.25) is 0 Å². The first-order chi connectivity index (χ1) is 9.50. The van der Waals surface area contributed by atoms with E-state index in [0.717, 1.165) is 5.39 Å². The summed E-state index contributed by atoms with van der Waals surface area (Å²) in [5.74, 6) is 1.35. The minimum Gasteiger partial charge on any atom is -0.450 e. The van der Waals surface area contributed by atoms with Crippen molar-refractivity contribution in [2.24, 2.45) is 0 Å². The zero-order chi connectivity index (χ0) is 14.3. The van der Waals surface area contributed by atoms with Gasteiger partial charge in [-0.25, -0.2) is 0 Å². The molecule has 5 heteroatoms. The summed E-state index contributed by atoms with van der Waals surface area (Å²) in [5, 5.41) is 14.4. The Bertz CT molecular complexity index is 750. The minimum absolute atomic E-state index is 0.139. The molecule has 104 valence electrons. The second-order valence-corrected chi connectivity index (χ2v) is 5.74. The van der Waals surface area contributed by atoms with Crippen LogP contribution in [-0.4, -0.2) is 15.2 Å². The molecule has 0 spiro atoms. The molecule has 0 aliphatic carbocycles. The number of rotatable bonds is 2. The van der Waals surface area contributed by atoms with Gasteiger partial charge in [0, 0.05) is 16.4 Å². The summed E-state index contributed by atoms with van der Waals surface area (Å²) < 4.78 is 11.0. The van der Waals surface area contributed by atoms with E-state index in [1.807, 2.05) is 45.0 Å². The third kappa shape index (κ3) is 2.00. The predicted molar refractivity (Wildman–Crippen MR) is 74.1 cm³/mol. The molecule has 0 unspecified atom stereocenters. The zero-order valence-electron chi connectivity index (χ0n) is 11.7. The molecule has 0 fully saturated rings. The third-order valence-electron chi connectivity index (χ3n) is 3.15. The van der Waals surface area contributed by atoms with Crippen LogP contribution in [0.4, 0.5) is 0 Å². The maximum atomic E-state index is 9.58. The Balaban J connectivity index is 2.17. The van der Waals surface area contributed by atoms with Crippen molar-refractivity contribution in [2.45, 2.75) is 32.8 Å². The molecule has 2 aromatic heterocycles. The summed E-state index contributed by atoms with van der Waals surface area (Å²) in [5.41, 5.74) is 1.17. The van der Waals surface area contributed by atoms with Crippen LogP contribution in [-0.2, 0) is 12.0 Å². The first kappa shape index (κ1) is 12.9. The van der Waals surface area contributed by atoms with E-state index in [-0.39, 0.29) is 12.0 Å². The van der Waals surface area contributed by atoms with Crippen molar-refractivity contribution >= 4 is 11.0 Å². The van der Waals surface area contributed by atoms with Gasteiger partial charge in [0.05, 0.1) is 6.61 Å². The molecule has 20 heavy (non-hydrogen) atoms. The van der Waals surface area contributed by atoms with Crippen molar-refractivity contribution in [2.75, 3.05) is 0 Å². The molecule has 0 aliphatic rings. The Labute approximate surface area is 116 Å². The van der Waals surface area contributed by atoms with Crippen molar-refractivity contribution < 1.29 is 14.0 Å². The molecule has 0 saturated heterocycles. The molecular weight excluding hydrogens is 256 g/mol. The lowest BCUT2D eigenvalue weighted by molar-refractivity contribution is 0.281. The number of furan rings is 1. The number of benzene rings is 1. The quantitative estimate of drug-likeness (QED) is 0.775. The van der Waals surface area contributed by atoms with Crippen molar-refractivity contribution in [3.05, 3.63) is 35.7 Å². The van der Waals surface area contributed by atoms with Crippen molar-refractivity contribution in [1.29, 1.82) is 0 Å². The number of aromatic nitrogens is 2. The highest BCUT2D eigenvalue weighted by atomic mass is 16.5. The van der Waals surface area contributed by atoms with Gasteiger partial charge in [-0.05, 0) is 6.07 Å². The summed E-state index contributed by atoms with van der Waals surface area (Å²) in [6.07, 6.45) is 0. The van der Waals surface area contributed by atoms with Gasteiger partial charge in [0.2, 0.25) is 0 Å². The SMILES string of the molecule is CC(C)(C)c1noc(-c2oc3ccccc3c2CO)n1. The van der Waals surface area contributed by atoms with Crippen LogP contribution in [0.5, 0.6) is 0 Å². The predicted octanol–water partition coefficient (Wildman–Crippen LogP) is 3.27. The van der Waals surface area contributed by atoms with E-state index in [9.17, 15) is 5.11 Å². The standard InChI is InChI=1S/C15H16N2O3/c1-15(2,3)14-16-13(20-17-14)12-10(8-18)9-6-4-5-7-11(9)19-12/h4-7,18H,8H2,1-3H3. The molecule has 5 nitrogen and oxygen atoms in total. The Morgan fingerprint density at radius 1 is 1.20 bits per heavy atom. The number of hydrogen-bond donors (Lipinski definition) is 1. The van der Waals surface area contributed by atoms with Gasteiger partial charge in [-0.1, -0.05) is 44.1 Å². The van der Waals surface area contributed by atoms with Crippen LogP contribution >= 0.6 is 0 Å². The molecule has 3 aromatic rings. The number of aliphatic hydroxyl groups is 1. The Hall–Kier alpha value is -2.14. The Kier molecular flexibility index (Phi) is 2.87. The van der Waals surface area contributed by atoms with E-state index in [1.165, 1.54) is 0 Å². The summed E-state index contributed by atoms with van der Waals surface area (Å²) in [6, 6.07) is 7.52. The highest BCUT2D eigenvalue weighted by Gasteiger charge is 2.25. The number of hydrogen-bond acceptors (Lipinski definition) is 5. The molecule has 0 aliphatic heterocycles. The fraction of sp³-hybridized carbons (Fsp3) is 0.333. The summed E-state index contributed by atoms with van der Waals surface area (Å²) in [6.45, 7) is 5.88. The average molecular weight is 272 g/mol. The van der Waals surface area contributed by atoms with E-state index < -0.39 is 0 Å². The molecule has 1 aromatic carbocycles. The van der Waals surface area contributed by atoms with Crippen molar-refractivity contribution in [1.82, 2.24) is 10.1 Å². The van der Waals surface area contributed by atoms with Gasteiger partial charge < -0.3 is 14.0 Å². The second-order valence-electron chi connectivity index (χ2n) is 5.74. The number of para-hydroxylation sites is 1. The number of nitrogens with zero attached hydrogens (tertiary/aromatic N) is 2. The summed E-state index contributed by atoms with van der Waals surface area (Å²) in [4.78, 5) is 4.37. The first-order valence-corrected chi connectivity index (χ1v) is 6.46. The van der Waals surface area contributed by atoms with Crippen molar-refractivity contribution in [3.63, 3.8) is 0 Å². The second kappa shape index (κ2) is 4.45. The van der Waals surface area contributed by atoms with Crippen LogP contribution in [0, 0.1) is 0 Å². The minimum atomic E-state index is -0.201. The van der Waals surface area contributed by atoms with Crippen LogP contribution in [0.25, 0.3) is 22.6 Å².